The van der Waals surface area contributed by atoms with Gasteiger partial charge in [-0.05, 0) is 43.9 Å². The molecule has 4 nitrogen and oxygen atoms in total. The lowest BCUT2D eigenvalue weighted by Crippen LogP contribution is -2.09. The molecule has 3 rings (SSSR count). The first-order valence-electron chi connectivity index (χ1n) is 6.97. The van der Waals surface area contributed by atoms with Gasteiger partial charge in [-0.2, -0.15) is 0 Å². The predicted molar refractivity (Wildman–Crippen MR) is 76.4 cm³/mol. The Kier molecular flexibility index (Phi) is 3.54. The van der Waals surface area contributed by atoms with Gasteiger partial charge in [0.2, 0.25) is 0 Å². The second-order valence-corrected chi connectivity index (χ2v) is 5.16. The van der Waals surface area contributed by atoms with Gasteiger partial charge in [-0.1, -0.05) is 0 Å². The van der Waals surface area contributed by atoms with Crippen molar-refractivity contribution in [3.8, 4) is 5.75 Å². The zero-order valence-electron chi connectivity index (χ0n) is 11.6. The summed E-state index contributed by atoms with van der Waals surface area (Å²) in [5, 5.41) is 0. The maximum Gasteiger partial charge on any atom is 0.150 e. The number of ether oxygens (including phenoxy) is 1. The molecule has 4 heteroatoms. The van der Waals surface area contributed by atoms with Crippen LogP contribution in [0.25, 0.3) is 0 Å². The minimum absolute atomic E-state index is 0.676. The zero-order valence-corrected chi connectivity index (χ0v) is 11.6. The highest BCUT2D eigenvalue weighted by Crippen LogP contribution is 2.24. The van der Waals surface area contributed by atoms with E-state index in [0.717, 1.165) is 30.4 Å². The smallest absolute Gasteiger partial charge is 0.150 e. The van der Waals surface area contributed by atoms with Crippen LogP contribution in [0.5, 0.6) is 5.75 Å². The summed E-state index contributed by atoms with van der Waals surface area (Å²) in [7, 11) is 1.66. The van der Waals surface area contributed by atoms with Crippen LogP contribution in [-0.4, -0.2) is 22.9 Å². The third kappa shape index (κ3) is 2.33. The van der Waals surface area contributed by atoms with Gasteiger partial charge in [0.1, 0.15) is 12.0 Å². The fourth-order valence-corrected chi connectivity index (χ4v) is 2.85. The largest absolute Gasteiger partial charge is 0.496 e. The molecule has 1 aromatic heterocycles. The Morgan fingerprint density at radius 2 is 2.20 bits per heavy atom. The summed E-state index contributed by atoms with van der Waals surface area (Å²) in [5.41, 5.74) is 4.24. The number of aryl methyl sites for hydroxylation is 1. The quantitative estimate of drug-likeness (QED) is 0.802. The van der Waals surface area contributed by atoms with Gasteiger partial charge in [0.15, 0.2) is 0 Å². The van der Waals surface area contributed by atoms with E-state index in [4.69, 9.17) is 4.74 Å². The van der Waals surface area contributed by atoms with Crippen molar-refractivity contribution < 1.29 is 9.53 Å². The molecule has 20 heavy (non-hydrogen) atoms. The number of benzene rings is 1. The third-order valence-electron chi connectivity index (χ3n) is 3.89. The minimum Gasteiger partial charge on any atom is -0.496 e. The van der Waals surface area contributed by atoms with Crippen molar-refractivity contribution in [3.63, 3.8) is 0 Å². The highest BCUT2D eigenvalue weighted by atomic mass is 16.5. The van der Waals surface area contributed by atoms with Crippen molar-refractivity contribution >= 4 is 6.29 Å². The topological polar surface area (TPSA) is 44.1 Å². The van der Waals surface area contributed by atoms with Gasteiger partial charge < -0.3 is 9.30 Å². The van der Waals surface area contributed by atoms with Crippen molar-refractivity contribution in [1.29, 1.82) is 0 Å². The van der Waals surface area contributed by atoms with Crippen molar-refractivity contribution in [3.05, 3.63) is 47.0 Å². The fraction of sp³-hybridized carbons (Fsp3) is 0.375. The van der Waals surface area contributed by atoms with Crippen LogP contribution in [0.2, 0.25) is 0 Å². The first-order chi connectivity index (χ1) is 9.81. The van der Waals surface area contributed by atoms with E-state index >= 15 is 0 Å². The summed E-state index contributed by atoms with van der Waals surface area (Å²) < 4.78 is 7.57. The number of carbonyl (C=O) groups is 1. The van der Waals surface area contributed by atoms with Crippen LogP contribution >= 0.6 is 0 Å². The molecular weight excluding hydrogens is 252 g/mol. The lowest BCUT2D eigenvalue weighted by Gasteiger charge is -2.15. The lowest BCUT2D eigenvalue weighted by atomic mass is 10.0. The Morgan fingerprint density at radius 1 is 1.35 bits per heavy atom. The van der Waals surface area contributed by atoms with Crippen molar-refractivity contribution in [2.45, 2.75) is 32.2 Å². The molecule has 0 saturated heterocycles. The van der Waals surface area contributed by atoms with Crippen molar-refractivity contribution in [1.82, 2.24) is 9.55 Å². The number of hydrogen-bond acceptors (Lipinski definition) is 3. The molecule has 0 bridgehead atoms. The molecule has 0 N–H and O–H groups in total. The number of imidazole rings is 1. The fourth-order valence-electron chi connectivity index (χ4n) is 2.85. The molecule has 2 aromatic rings. The van der Waals surface area contributed by atoms with E-state index in [1.54, 1.807) is 13.2 Å². The highest BCUT2D eigenvalue weighted by molar-refractivity contribution is 5.75. The van der Waals surface area contributed by atoms with E-state index in [1.165, 1.54) is 24.2 Å². The maximum absolute atomic E-state index is 10.9. The van der Waals surface area contributed by atoms with Gasteiger partial charge in [-0.15, -0.1) is 0 Å². The molecule has 1 aromatic carbocycles. The molecule has 104 valence electrons. The Labute approximate surface area is 118 Å². The highest BCUT2D eigenvalue weighted by Gasteiger charge is 2.16. The molecule has 0 radical (unpaired) electrons. The third-order valence-corrected chi connectivity index (χ3v) is 3.89. The number of hydrogen-bond donors (Lipinski definition) is 0. The van der Waals surface area contributed by atoms with E-state index in [0.29, 0.717) is 12.1 Å². The Morgan fingerprint density at radius 3 is 3.00 bits per heavy atom. The predicted octanol–water partition coefficient (Wildman–Crippen LogP) is 2.63. The van der Waals surface area contributed by atoms with Crippen molar-refractivity contribution in [2.75, 3.05) is 7.11 Å². The van der Waals surface area contributed by atoms with Gasteiger partial charge in [0.05, 0.1) is 25.7 Å². The van der Waals surface area contributed by atoms with E-state index in [2.05, 4.69) is 9.55 Å². The van der Waals surface area contributed by atoms with Gasteiger partial charge in [0.25, 0.3) is 0 Å². The molecule has 0 saturated carbocycles. The van der Waals surface area contributed by atoms with Crippen LogP contribution in [0.3, 0.4) is 0 Å². The first kappa shape index (κ1) is 12.9. The molecule has 0 fully saturated rings. The lowest BCUT2D eigenvalue weighted by molar-refractivity contribution is 0.112. The molecule has 0 spiro atoms. The second-order valence-electron chi connectivity index (χ2n) is 5.16. The monoisotopic (exact) mass is 270 g/mol. The average Bonchev–Trinajstić information content (AvgIpc) is 2.90. The Bertz CT molecular complexity index is 631. The number of fused-ring (bicyclic) bond motifs is 1. The van der Waals surface area contributed by atoms with Crippen LogP contribution < -0.4 is 4.74 Å². The number of carbonyl (C=O) groups excluding carboxylic acids is 1. The summed E-state index contributed by atoms with van der Waals surface area (Å²) >= 11 is 0. The SMILES string of the molecule is COc1ccc(C=O)cc1Cn1cnc2c1CCCC2. The van der Waals surface area contributed by atoms with Gasteiger partial charge in [-0.25, -0.2) is 4.98 Å². The van der Waals surface area contributed by atoms with Gasteiger partial charge >= 0.3 is 0 Å². The van der Waals surface area contributed by atoms with Crippen LogP contribution in [0, 0.1) is 0 Å². The summed E-state index contributed by atoms with van der Waals surface area (Å²) in [5.74, 6) is 0.814. The molecule has 0 aliphatic heterocycles. The van der Waals surface area contributed by atoms with Crippen LogP contribution in [0.4, 0.5) is 0 Å². The minimum atomic E-state index is 0.676. The van der Waals surface area contributed by atoms with E-state index < -0.39 is 0 Å². The first-order valence-corrected chi connectivity index (χ1v) is 6.97. The standard InChI is InChI=1S/C16H18N2O2/c1-20-16-7-6-12(10-19)8-13(16)9-18-11-17-14-4-2-3-5-15(14)18/h6-8,10-11H,2-5,9H2,1H3. The average molecular weight is 270 g/mol. The molecule has 1 heterocycles. The molecule has 1 aliphatic carbocycles. The van der Waals surface area contributed by atoms with Gasteiger partial charge in [0, 0.05) is 16.8 Å². The van der Waals surface area contributed by atoms with E-state index in [-0.39, 0.29) is 0 Å². The number of aromatic nitrogens is 2. The molecule has 0 unspecified atom stereocenters. The zero-order chi connectivity index (χ0) is 13.9. The maximum atomic E-state index is 10.9. The van der Waals surface area contributed by atoms with Crippen LogP contribution in [-0.2, 0) is 19.4 Å². The molecule has 0 amide bonds. The molecule has 1 aliphatic rings. The number of rotatable bonds is 4. The molecule has 0 atom stereocenters. The van der Waals surface area contributed by atoms with Crippen LogP contribution in [0.15, 0.2) is 24.5 Å². The van der Waals surface area contributed by atoms with Gasteiger partial charge in [-0.3, -0.25) is 4.79 Å². The summed E-state index contributed by atoms with van der Waals surface area (Å²) in [4.78, 5) is 15.4. The molecular formula is C16H18N2O2. The summed E-state index contributed by atoms with van der Waals surface area (Å²) in [6, 6.07) is 5.52. The van der Waals surface area contributed by atoms with E-state index in [1.807, 2.05) is 18.5 Å². The Hall–Kier alpha value is -2.10. The number of methoxy groups -OCH3 is 1. The Balaban J connectivity index is 1.94. The second kappa shape index (κ2) is 5.49. The van der Waals surface area contributed by atoms with E-state index in [9.17, 15) is 4.79 Å². The summed E-state index contributed by atoms with van der Waals surface area (Å²) in [6.45, 7) is 0.702. The number of aldehydes is 1. The normalized spacial score (nSPS) is 13.8. The van der Waals surface area contributed by atoms with Crippen LogP contribution in [0.1, 0.15) is 40.2 Å². The summed E-state index contributed by atoms with van der Waals surface area (Å²) in [6.07, 6.45) is 7.40. The van der Waals surface area contributed by atoms with Crippen molar-refractivity contribution in [2.24, 2.45) is 0 Å². The number of nitrogens with zero attached hydrogens (tertiary/aromatic N) is 2.